The minimum Gasteiger partial charge on any atom is -0.465 e. The molecule has 8 nitrogen and oxygen atoms in total. The summed E-state index contributed by atoms with van der Waals surface area (Å²) >= 11 is 0. The molecule has 0 radical (unpaired) electrons. The lowest BCUT2D eigenvalue weighted by Gasteiger charge is -2.04. The quantitative estimate of drug-likeness (QED) is 0.457. The van der Waals surface area contributed by atoms with Crippen LogP contribution >= 0.6 is 0 Å². The number of rotatable bonds is 2. The summed E-state index contributed by atoms with van der Waals surface area (Å²) in [6.07, 6.45) is 0. The summed E-state index contributed by atoms with van der Waals surface area (Å²) in [6.45, 7) is 2.28. The van der Waals surface area contributed by atoms with Crippen LogP contribution in [-0.2, 0) is 28.8 Å². The summed E-state index contributed by atoms with van der Waals surface area (Å²) < 4.78 is 9.05. The van der Waals surface area contributed by atoms with E-state index in [9.17, 15) is 19.2 Å². The predicted molar refractivity (Wildman–Crippen MR) is 72.7 cm³/mol. The number of carbonyl (C=O) groups is 4. The summed E-state index contributed by atoms with van der Waals surface area (Å²) in [4.78, 5) is 49.8. The van der Waals surface area contributed by atoms with Gasteiger partial charge in [0.1, 0.15) is 0 Å². The van der Waals surface area contributed by atoms with Crippen LogP contribution in [0.4, 0.5) is 0 Å². The summed E-state index contributed by atoms with van der Waals surface area (Å²) in [5, 5.41) is 0. The van der Waals surface area contributed by atoms with Crippen LogP contribution in [0.1, 0.15) is 34.6 Å². The van der Waals surface area contributed by atoms with E-state index in [-0.39, 0.29) is 11.1 Å². The van der Waals surface area contributed by atoms with Crippen molar-refractivity contribution < 1.29 is 38.4 Å². The molecule has 0 aliphatic carbocycles. The van der Waals surface area contributed by atoms with Crippen molar-refractivity contribution in [2.75, 3.05) is 14.2 Å². The molecule has 0 N–H and O–H groups in total. The lowest BCUT2D eigenvalue weighted by Crippen LogP contribution is -2.11. The van der Waals surface area contributed by atoms with E-state index in [1.165, 1.54) is 26.4 Å². The Morgan fingerprint density at radius 2 is 1.05 bits per heavy atom. The Morgan fingerprint density at radius 3 is 1.27 bits per heavy atom. The van der Waals surface area contributed by atoms with Gasteiger partial charge in [0, 0.05) is 13.8 Å². The first-order valence-corrected chi connectivity index (χ1v) is 5.94. The molecule has 0 unspecified atom stereocenters. The van der Waals surface area contributed by atoms with E-state index < -0.39 is 23.9 Å². The number of benzene rings is 1. The highest BCUT2D eigenvalue weighted by atomic mass is 17.2. The molecule has 120 valence electrons. The zero-order valence-corrected chi connectivity index (χ0v) is 12.6. The molecule has 0 atom stereocenters. The van der Waals surface area contributed by atoms with Crippen molar-refractivity contribution in [1.82, 2.24) is 0 Å². The number of methoxy groups -OCH3 is 2. The smallest absolute Gasteiger partial charge is 0.352 e. The Bertz CT molecular complexity index is 501. The highest BCUT2D eigenvalue weighted by Gasteiger charge is 2.16. The topological polar surface area (TPSA) is 105 Å². The van der Waals surface area contributed by atoms with Gasteiger partial charge in [0.2, 0.25) is 0 Å². The molecule has 0 aromatic heterocycles. The zero-order chi connectivity index (χ0) is 17.1. The number of hydrogen-bond donors (Lipinski definition) is 0. The van der Waals surface area contributed by atoms with Crippen molar-refractivity contribution in [2.45, 2.75) is 13.8 Å². The molecule has 1 aromatic rings. The fraction of sp³-hybridized carbons (Fsp3) is 0.286. The molecule has 0 aliphatic rings. The minimum atomic E-state index is -0.639. The molecule has 8 heteroatoms. The van der Waals surface area contributed by atoms with E-state index in [4.69, 9.17) is 0 Å². The Morgan fingerprint density at radius 1 is 0.727 bits per heavy atom. The average Bonchev–Trinajstić information content (AvgIpc) is 2.52. The molecule has 0 bridgehead atoms. The average molecular weight is 312 g/mol. The zero-order valence-electron chi connectivity index (χ0n) is 12.6. The van der Waals surface area contributed by atoms with Crippen molar-refractivity contribution in [3.63, 3.8) is 0 Å². The summed E-state index contributed by atoms with van der Waals surface area (Å²) in [6, 6.07) is 6.33. The molecule has 0 fully saturated rings. The van der Waals surface area contributed by atoms with Crippen LogP contribution in [0.3, 0.4) is 0 Å². The normalized spacial score (nSPS) is 8.73. The van der Waals surface area contributed by atoms with Gasteiger partial charge in [-0.2, -0.15) is 0 Å². The summed E-state index contributed by atoms with van der Waals surface area (Å²) in [5.74, 6) is -2.38. The van der Waals surface area contributed by atoms with Gasteiger partial charge in [0.15, 0.2) is 0 Å². The van der Waals surface area contributed by atoms with E-state index in [1.54, 1.807) is 12.1 Å². The van der Waals surface area contributed by atoms with Gasteiger partial charge in [-0.1, -0.05) is 12.1 Å². The van der Waals surface area contributed by atoms with Gasteiger partial charge >= 0.3 is 23.9 Å². The van der Waals surface area contributed by atoms with Crippen molar-refractivity contribution in [2.24, 2.45) is 0 Å². The highest BCUT2D eigenvalue weighted by Crippen LogP contribution is 2.10. The van der Waals surface area contributed by atoms with Crippen LogP contribution in [0, 0.1) is 0 Å². The second kappa shape index (κ2) is 9.92. The van der Waals surface area contributed by atoms with Crippen molar-refractivity contribution in [1.29, 1.82) is 0 Å². The predicted octanol–water partition coefficient (Wildman–Crippen LogP) is 1.29. The Kier molecular flexibility index (Phi) is 8.61. The Hall–Kier alpha value is -2.90. The maximum absolute atomic E-state index is 11.2. The SMILES string of the molecule is CC(=O)OOC(C)=O.COC(=O)c1ccccc1C(=O)OC. The minimum absolute atomic E-state index is 0.210. The molecular weight excluding hydrogens is 296 g/mol. The fourth-order valence-corrected chi connectivity index (χ4v) is 1.18. The molecule has 0 heterocycles. The van der Waals surface area contributed by atoms with E-state index in [0.717, 1.165) is 13.8 Å². The first-order valence-electron chi connectivity index (χ1n) is 5.94. The van der Waals surface area contributed by atoms with E-state index in [1.807, 2.05) is 0 Å². The molecule has 1 rings (SSSR count). The lowest BCUT2D eigenvalue weighted by molar-refractivity contribution is -0.255. The molecule has 0 saturated heterocycles. The van der Waals surface area contributed by atoms with E-state index >= 15 is 0 Å². The first-order chi connectivity index (χ1) is 10.3. The van der Waals surface area contributed by atoms with Gasteiger partial charge in [-0.3, -0.25) is 0 Å². The molecule has 0 aliphatic heterocycles. The summed E-state index contributed by atoms with van der Waals surface area (Å²) in [7, 11) is 2.52. The van der Waals surface area contributed by atoms with Crippen LogP contribution in [-0.4, -0.2) is 38.1 Å². The third-order valence-electron chi connectivity index (χ3n) is 2.01. The van der Waals surface area contributed by atoms with Crippen molar-refractivity contribution >= 4 is 23.9 Å². The monoisotopic (exact) mass is 312 g/mol. The standard InChI is InChI=1S/C10H10O4.C4H6O4/c1-13-9(11)7-5-3-4-6-8(7)10(12)14-2;1-3(5)7-8-4(2)6/h3-6H,1-2H3;1-2H3. The maximum atomic E-state index is 11.2. The molecule has 0 amide bonds. The van der Waals surface area contributed by atoms with Gasteiger partial charge < -0.3 is 9.47 Å². The number of carbonyl (C=O) groups excluding carboxylic acids is 4. The molecular formula is C14H16O8. The molecule has 1 aromatic carbocycles. The number of hydrogen-bond acceptors (Lipinski definition) is 8. The Balaban J connectivity index is 0.000000472. The van der Waals surface area contributed by atoms with Gasteiger partial charge in [-0.05, 0) is 12.1 Å². The number of ether oxygens (including phenoxy) is 2. The Labute approximate surface area is 126 Å². The summed E-state index contributed by atoms with van der Waals surface area (Å²) in [5.41, 5.74) is 0.420. The van der Waals surface area contributed by atoms with Gasteiger partial charge in [-0.15, -0.1) is 0 Å². The molecule has 0 spiro atoms. The third-order valence-corrected chi connectivity index (χ3v) is 2.01. The second-order valence-corrected chi connectivity index (χ2v) is 3.68. The van der Waals surface area contributed by atoms with Crippen molar-refractivity contribution in [3.8, 4) is 0 Å². The van der Waals surface area contributed by atoms with Crippen LogP contribution in [0.2, 0.25) is 0 Å². The van der Waals surface area contributed by atoms with Gasteiger partial charge in [0.25, 0.3) is 0 Å². The van der Waals surface area contributed by atoms with Crippen molar-refractivity contribution in [3.05, 3.63) is 35.4 Å². The molecule has 22 heavy (non-hydrogen) atoms. The highest BCUT2D eigenvalue weighted by molar-refractivity contribution is 6.03. The van der Waals surface area contributed by atoms with E-state index in [0.29, 0.717) is 0 Å². The van der Waals surface area contributed by atoms with Crippen LogP contribution in [0.5, 0.6) is 0 Å². The number of esters is 2. The lowest BCUT2D eigenvalue weighted by atomic mass is 10.1. The van der Waals surface area contributed by atoms with Crippen LogP contribution in [0.15, 0.2) is 24.3 Å². The first kappa shape index (κ1) is 19.1. The maximum Gasteiger partial charge on any atom is 0.352 e. The fourth-order valence-electron chi connectivity index (χ4n) is 1.18. The van der Waals surface area contributed by atoms with Gasteiger partial charge in [0.05, 0.1) is 25.3 Å². The van der Waals surface area contributed by atoms with Crippen LogP contribution in [0.25, 0.3) is 0 Å². The second-order valence-electron chi connectivity index (χ2n) is 3.68. The van der Waals surface area contributed by atoms with Crippen LogP contribution < -0.4 is 0 Å². The van der Waals surface area contributed by atoms with E-state index in [2.05, 4.69) is 19.2 Å². The van der Waals surface area contributed by atoms with Gasteiger partial charge in [-0.25, -0.2) is 29.0 Å². The third kappa shape index (κ3) is 7.04. The molecule has 0 saturated carbocycles. The largest absolute Gasteiger partial charge is 0.465 e.